The van der Waals surface area contributed by atoms with Crippen molar-refractivity contribution in [1.29, 1.82) is 5.26 Å². The number of anilines is 1. The summed E-state index contributed by atoms with van der Waals surface area (Å²) in [6, 6.07) is 3.80. The summed E-state index contributed by atoms with van der Waals surface area (Å²) in [5.41, 5.74) is 3.27. The van der Waals surface area contributed by atoms with Gasteiger partial charge in [-0.25, -0.2) is 19.2 Å². The fraction of sp³-hybridized carbons (Fsp3) is 0.667. The maximum Gasteiger partial charge on any atom is 0.409 e. The summed E-state index contributed by atoms with van der Waals surface area (Å²) >= 11 is 0. The fourth-order valence-corrected chi connectivity index (χ4v) is 6.39. The molecule has 1 fully saturated rings. The van der Waals surface area contributed by atoms with Crippen molar-refractivity contribution < 1.29 is 56.5 Å². The first-order valence-corrected chi connectivity index (χ1v) is 18.6. The van der Waals surface area contributed by atoms with Gasteiger partial charge in [-0.05, 0) is 45.7 Å². The molecule has 1 saturated heterocycles. The van der Waals surface area contributed by atoms with E-state index in [1.807, 2.05) is 13.8 Å². The molecule has 0 bridgehead atoms. The number of nitrogen functional groups attached to an aromatic ring is 1. The molecule has 3 heterocycles. The van der Waals surface area contributed by atoms with Gasteiger partial charge in [0.15, 0.2) is 18.0 Å². The predicted molar refractivity (Wildman–Crippen MR) is 183 cm³/mol. The molecule has 3 rings (SSSR count). The Morgan fingerprint density at radius 3 is 2.33 bits per heavy atom. The first-order valence-electron chi connectivity index (χ1n) is 17.1. The summed E-state index contributed by atoms with van der Waals surface area (Å²) < 4.78 is 55.0. The minimum absolute atomic E-state index is 0.0496. The zero-order chi connectivity index (χ0) is 38.9. The van der Waals surface area contributed by atoms with Crippen LogP contribution in [0.2, 0.25) is 0 Å². The molecule has 18 nitrogen and oxygen atoms in total. The highest BCUT2D eigenvalue weighted by Gasteiger charge is 2.62. The maximum absolute atomic E-state index is 14.2. The topological polar surface area (TPSA) is 242 Å². The van der Waals surface area contributed by atoms with Gasteiger partial charge in [0, 0.05) is 12.8 Å². The predicted octanol–water partition coefficient (Wildman–Crippen LogP) is 3.72. The molecule has 0 aromatic carbocycles. The number of fused-ring (bicyclic) bond motifs is 1. The molecule has 3 N–H and O–H groups in total. The Morgan fingerprint density at radius 2 is 1.73 bits per heavy atom. The molecule has 0 unspecified atom stereocenters. The molecule has 2 aromatic heterocycles. The summed E-state index contributed by atoms with van der Waals surface area (Å²) in [6.45, 7) is 11.7. The lowest BCUT2D eigenvalue weighted by atomic mass is 9.92. The van der Waals surface area contributed by atoms with Gasteiger partial charge in [-0.15, -0.1) is 0 Å². The molecule has 0 radical (unpaired) electrons. The van der Waals surface area contributed by atoms with Crippen molar-refractivity contribution in [2.45, 2.75) is 111 Å². The summed E-state index contributed by atoms with van der Waals surface area (Å²) in [6.07, 6.45) is -2.04. The number of aromatic nitrogens is 3. The summed E-state index contributed by atoms with van der Waals surface area (Å²) in [5, 5.41) is 17.4. The van der Waals surface area contributed by atoms with E-state index in [1.165, 1.54) is 37.4 Å². The third-order valence-corrected chi connectivity index (χ3v) is 9.93. The van der Waals surface area contributed by atoms with Crippen molar-refractivity contribution in [2.24, 2.45) is 11.3 Å². The number of ether oxygens (including phenoxy) is 5. The smallest absolute Gasteiger partial charge is 0.409 e. The fourth-order valence-electron chi connectivity index (χ4n) is 5.05. The number of nitrogens with two attached hydrogens (primary N) is 1. The summed E-state index contributed by atoms with van der Waals surface area (Å²) in [7, 11) is -4.61. The third-order valence-electron chi connectivity index (χ3n) is 8.29. The largest absolute Gasteiger partial charge is 0.464 e. The highest BCUT2D eigenvalue weighted by Crippen LogP contribution is 2.48. The van der Waals surface area contributed by atoms with E-state index in [2.05, 4.69) is 21.2 Å². The van der Waals surface area contributed by atoms with Gasteiger partial charge in [-0.3, -0.25) is 28.2 Å². The maximum atomic E-state index is 14.2. The first kappa shape index (κ1) is 42.3. The van der Waals surface area contributed by atoms with E-state index in [-0.39, 0.29) is 36.9 Å². The number of hydrogen-bond donors (Lipinski definition) is 2. The second-order valence-electron chi connectivity index (χ2n) is 13.1. The van der Waals surface area contributed by atoms with Crippen LogP contribution in [-0.2, 0) is 62.1 Å². The normalized spacial score (nSPS) is 22.0. The Labute approximate surface area is 302 Å². The van der Waals surface area contributed by atoms with Crippen LogP contribution in [0.25, 0.3) is 5.52 Å². The number of nitriles is 1. The number of rotatable bonds is 18. The van der Waals surface area contributed by atoms with Crippen LogP contribution in [0.3, 0.4) is 0 Å². The molecule has 0 amide bonds. The highest BCUT2D eigenvalue weighted by atomic mass is 31.2. The van der Waals surface area contributed by atoms with Gasteiger partial charge in [0.25, 0.3) is 0 Å². The van der Waals surface area contributed by atoms with Crippen LogP contribution in [0, 0.1) is 22.7 Å². The van der Waals surface area contributed by atoms with E-state index in [0.29, 0.717) is 5.52 Å². The SMILES string of the molecule is CCC(=O)O[C@H]1[C@@H](OC(=O)CC)[C@](C#N)(c2ccc3c(N)ncnn23)O[C@@H]1CO[P@@](=O)(N[C@@H](C)C(=O)OCC(CC)CC)OCOC(=O)C(C)(C)C. The summed E-state index contributed by atoms with van der Waals surface area (Å²) in [5.74, 6) is -2.73. The molecule has 19 heteroatoms. The van der Waals surface area contributed by atoms with Crippen LogP contribution in [0.15, 0.2) is 18.5 Å². The first-order chi connectivity index (χ1) is 24.5. The van der Waals surface area contributed by atoms with E-state index in [9.17, 15) is 29.0 Å². The van der Waals surface area contributed by atoms with Gasteiger partial charge in [-0.2, -0.15) is 10.4 Å². The Kier molecular flexibility index (Phi) is 14.7. The molecule has 0 aliphatic carbocycles. The van der Waals surface area contributed by atoms with Crippen molar-refractivity contribution in [3.05, 3.63) is 24.2 Å². The lowest BCUT2D eigenvalue weighted by Crippen LogP contribution is -2.46. The Morgan fingerprint density at radius 1 is 1.08 bits per heavy atom. The second-order valence-corrected chi connectivity index (χ2v) is 14.9. The van der Waals surface area contributed by atoms with Gasteiger partial charge in [-0.1, -0.05) is 40.5 Å². The van der Waals surface area contributed by atoms with Crippen molar-refractivity contribution in [2.75, 3.05) is 25.7 Å². The second kappa shape index (κ2) is 18.1. The van der Waals surface area contributed by atoms with E-state index >= 15 is 0 Å². The lowest BCUT2D eigenvalue weighted by molar-refractivity contribution is -0.169. The number of esters is 4. The zero-order valence-corrected chi connectivity index (χ0v) is 31.7. The Hall–Kier alpha value is -4.14. The molecule has 0 spiro atoms. The van der Waals surface area contributed by atoms with Crippen molar-refractivity contribution in [3.63, 3.8) is 0 Å². The molecule has 1 aliphatic heterocycles. The van der Waals surface area contributed by atoms with Crippen LogP contribution >= 0.6 is 7.75 Å². The minimum Gasteiger partial charge on any atom is -0.464 e. The molecule has 2 aromatic rings. The van der Waals surface area contributed by atoms with Gasteiger partial charge in [0.1, 0.15) is 30.1 Å². The molecule has 52 heavy (non-hydrogen) atoms. The number of hydrogen-bond acceptors (Lipinski definition) is 16. The van der Waals surface area contributed by atoms with E-state index < -0.39 is 80.4 Å². The lowest BCUT2D eigenvalue weighted by Gasteiger charge is -2.28. The van der Waals surface area contributed by atoms with Crippen LogP contribution in [-0.4, -0.2) is 82.8 Å². The van der Waals surface area contributed by atoms with E-state index in [0.717, 1.165) is 19.2 Å². The number of nitrogens with one attached hydrogen (secondary N) is 1. The minimum atomic E-state index is -4.61. The van der Waals surface area contributed by atoms with Crippen LogP contribution in [0.4, 0.5) is 5.82 Å². The van der Waals surface area contributed by atoms with Crippen LogP contribution < -0.4 is 10.8 Å². The van der Waals surface area contributed by atoms with Gasteiger partial charge < -0.3 is 29.4 Å². The standard InChI is InChI=1S/C33H49N6O12P/c1-9-21(10-2)15-45-30(42)20(5)38-52(44,48-19-46-31(43)32(6,7)8)47-16-23-27(49-25(40)11-3)28(50-26(41)12-4)33(17-34,51-23)24-14-13-22-29(35)36-18-37-39(22)24/h13-14,18,20-21,23,27-28H,9-12,15-16,19H2,1-8H3,(H,38,44)(H2,35,36,37)/t20-,23+,27+,28+,33-,52-/m0/s1. The number of nitrogens with zero attached hydrogens (tertiary/aromatic N) is 4. The van der Waals surface area contributed by atoms with Gasteiger partial charge in [0.05, 0.1) is 24.3 Å². The van der Waals surface area contributed by atoms with E-state index in [4.69, 9.17) is 38.5 Å². The Balaban J connectivity index is 2.02. The zero-order valence-electron chi connectivity index (χ0n) is 30.8. The number of carbonyl (C=O) groups excluding carboxylic acids is 4. The van der Waals surface area contributed by atoms with Crippen LogP contribution in [0.5, 0.6) is 0 Å². The van der Waals surface area contributed by atoms with Crippen molar-refractivity contribution in [3.8, 4) is 6.07 Å². The van der Waals surface area contributed by atoms with Crippen molar-refractivity contribution >= 4 is 43.0 Å². The molecule has 288 valence electrons. The number of carbonyl (C=O) groups is 4. The van der Waals surface area contributed by atoms with Gasteiger partial charge in [0.2, 0.25) is 12.4 Å². The average Bonchev–Trinajstić information content (AvgIpc) is 3.67. The summed E-state index contributed by atoms with van der Waals surface area (Å²) in [4.78, 5) is 54.8. The third kappa shape index (κ3) is 10.0. The monoisotopic (exact) mass is 752 g/mol. The van der Waals surface area contributed by atoms with Gasteiger partial charge >= 0.3 is 31.6 Å². The molecule has 6 atom stereocenters. The highest BCUT2D eigenvalue weighted by molar-refractivity contribution is 7.51. The quantitative estimate of drug-likeness (QED) is 0.0954. The molecule has 1 aliphatic rings. The Bertz CT molecular complexity index is 1670. The molecular weight excluding hydrogens is 703 g/mol. The van der Waals surface area contributed by atoms with E-state index in [1.54, 1.807) is 20.8 Å². The average molecular weight is 753 g/mol. The van der Waals surface area contributed by atoms with Crippen molar-refractivity contribution in [1.82, 2.24) is 19.7 Å². The molecular formula is C33H49N6O12P. The molecule has 0 saturated carbocycles. The van der Waals surface area contributed by atoms with Crippen LogP contribution in [0.1, 0.15) is 86.8 Å².